The van der Waals surface area contributed by atoms with E-state index in [9.17, 15) is 9.18 Å². The van der Waals surface area contributed by atoms with Crippen molar-refractivity contribution < 1.29 is 18.7 Å². The number of carbonyl (C=O) groups is 1. The minimum atomic E-state index is -1.20. The van der Waals surface area contributed by atoms with Gasteiger partial charge in [-0.3, -0.25) is 0 Å². The van der Waals surface area contributed by atoms with Crippen molar-refractivity contribution in [1.29, 1.82) is 0 Å². The Labute approximate surface area is 142 Å². The Morgan fingerprint density at radius 3 is 2.79 bits per heavy atom. The summed E-state index contributed by atoms with van der Waals surface area (Å²) in [7, 11) is 1.53. The number of pyridine rings is 1. The van der Waals surface area contributed by atoms with E-state index in [1.165, 1.54) is 12.0 Å². The van der Waals surface area contributed by atoms with Crippen LogP contribution in [0.1, 0.15) is 32.9 Å². The topological polar surface area (TPSA) is 51.7 Å². The van der Waals surface area contributed by atoms with Crippen molar-refractivity contribution in [3.63, 3.8) is 0 Å². The summed E-state index contributed by atoms with van der Waals surface area (Å²) in [6.07, 6.45) is -1.22. The Balaban J connectivity index is 1.97. The van der Waals surface area contributed by atoms with Gasteiger partial charge in [0.15, 0.2) is 0 Å². The molecule has 6 heteroatoms. The van der Waals surface area contributed by atoms with Crippen LogP contribution in [-0.4, -0.2) is 47.9 Å². The minimum absolute atomic E-state index is 0.000199. The summed E-state index contributed by atoms with van der Waals surface area (Å²) in [6, 6.07) is 5.26. The number of halogens is 1. The second-order valence-corrected chi connectivity index (χ2v) is 6.67. The fourth-order valence-electron chi connectivity index (χ4n) is 2.32. The molecule has 1 aromatic heterocycles. The van der Waals surface area contributed by atoms with Gasteiger partial charge in [0.25, 0.3) is 0 Å². The first-order valence-corrected chi connectivity index (χ1v) is 7.93. The van der Waals surface area contributed by atoms with Crippen LogP contribution in [0.4, 0.5) is 9.18 Å². The molecule has 0 spiro atoms. The van der Waals surface area contributed by atoms with Crippen LogP contribution < -0.4 is 4.74 Å². The number of carbonyl (C=O) groups excluding carboxylic acids is 1. The molecule has 130 valence electrons. The van der Waals surface area contributed by atoms with Gasteiger partial charge in [-0.05, 0) is 39.2 Å². The van der Waals surface area contributed by atoms with Gasteiger partial charge in [-0.15, -0.1) is 0 Å². The lowest BCUT2D eigenvalue weighted by Crippen LogP contribution is -2.46. The number of likely N-dealkylation sites (tertiary alicyclic amines) is 1. The maximum absolute atomic E-state index is 14.3. The van der Waals surface area contributed by atoms with Crippen LogP contribution in [0, 0.1) is 17.8 Å². The first-order valence-electron chi connectivity index (χ1n) is 7.93. The van der Waals surface area contributed by atoms with Crippen LogP contribution in [0.3, 0.4) is 0 Å². The fraction of sp³-hybridized carbons (Fsp3) is 0.556. The molecule has 0 aromatic carbocycles. The van der Waals surface area contributed by atoms with Crippen LogP contribution in [0.5, 0.6) is 5.88 Å². The summed E-state index contributed by atoms with van der Waals surface area (Å²) in [5, 5.41) is 0. The molecule has 24 heavy (non-hydrogen) atoms. The van der Waals surface area contributed by atoms with Gasteiger partial charge in [-0.25, -0.2) is 14.2 Å². The highest BCUT2D eigenvalue weighted by Crippen LogP contribution is 2.22. The third kappa shape index (κ3) is 5.12. The van der Waals surface area contributed by atoms with Crippen molar-refractivity contribution >= 4 is 6.09 Å². The van der Waals surface area contributed by atoms with Gasteiger partial charge >= 0.3 is 6.09 Å². The molecule has 0 N–H and O–H groups in total. The number of piperidine rings is 1. The molecule has 1 saturated heterocycles. The van der Waals surface area contributed by atoms with Crippen molar-refractivity contribution in [2.24, 2.45) is 5.92 Å². The molecule has 1 fully saturated rings. The zero-order valence-corrected chi connectivity index (χ0v) is 14.5. The standard InChI is InChI=1S/C18H23FN2O3/c1-18(2,3)24-17(22)21-11-10-13(15(19)12-21)8-9-14-6-5-7-16(20-14)23-4/h5-7,13,15H,10-12H2,1-4H3. The number of rotatable bonds is 1. The average molecular weight is 334 g/mol. The van der Waals surface area contributed by atoms with Crippen molar-refractivity contribution in [2.75, 3.05) is 20.2 Å². The minimum Gasteiger partial charge on any atom is -0.481 e. The molecular weight excluding hydrogens is 311 g/mol. The Morgan fingerprint density at radius 2 is 2.17 bits per heavy atom. The van der Waals surface area contributed by atoms with Gasteiger partial charge in [0, 0.05) is 12.6 Å². The Hall–Kier alpha value is -2.29. The summed E-state index contributed by atoms with van der Waals surface area (Å²) >= 11 is 0. The molecule has 1 aromatic rings. The number of aromatic nitrogens is 1. The van der Waals surface area contributed by atoms with Crippen molar-refractivity contribution in [2.45, 2.75) is 39.0 Å². The summed E-state index contributed by atoms with van der Waals surface area (Å²) in [4.78, 5) is 17.6. The molecule has 0 bridgehead atoms. The summed E-state index contributed by atoms with van der Waals surface area (Å²) < 4.78 is 24.7. The smallest absolute Gasteiger partial charge is 0.410 e. The number of hydrogen-bond acceptors (Lipinski definition) is 4. The molecule has 1 aliphatic rings. The van der Waals surface area contributed by atoms with Crippen LogP contribution >= 0.6 is 0 Å². The highest BCUT2D eigenvalue weighted by atomic mass is 19.1. The molecule has 1 amide bonds. The summed E-state index contributed by atoms with van der Waals surface area (Å²) in [5.41, 5.74) is -0.0477. The van der Waals surface area contributed by atoms with Crippen LogP contribution in [-0.2, 0) is 4.74 Å². The van der Waals surface area contributed by atoms with Gasteiger partial charge in [-0.2, -0.15) is 0 Å². The second-order valence-electron chi connectivity index (χ2n) is 6.67. The van der Waals surface area contributed by atoms with E-state index in [0.717, 1.165) is 0 Å². The Kier molecular flexibility index (Phi) is 5.66. The van der Waals surface area contributed by atoms with E-state index in [2.05, 4.69) is 16.8 Å². The van der Waals surface area contributed by atoms with Gasteiger partial charge in [0.05, 0.1) is 19.6 Å². The molecule has 0 radical (unpaired) electrons. The molecule has 0 aliphatic carbocycles. The lowest BCUT2D eigenvalue weighted by atomic mass is 9.95. The zero-order valence-electron chi connectivity index (χ0n) is 14.5. The Morgan fingerprint density at radius 1 is 1.42 bits per heavy atom. The van der Waals surface area contributed by atoms with Crippen LogP contribution in [0.25, 0.3) is 0 Å². The maximum atomic E-state index is 14.3. The van der Waals surface area contributed by atoms with E-state index in [0.29, 0.717) is 24.5 Å². The molecule has 2 heterocycles. The molecule has 0 saturated carbocycles. The number of methoxy groups -OCH3 is 1. The third-order valence-electron chi connectivity index (χ3n) is 3.51. The lowest BCUT2D eigenvalue weighted by molar-refractivity contribution is 0.00975. The molecule has 2 rings (SSSR count). The summed E-state index contributed by atoms with van der Waals surface area (Å²) in [5.74, 6) is 5.86. The monoisotopic (exact) mass is 334 g/mol. The number of nitrogens with zero attached hydrogens (tertiary/aromatic N) is 2. The van der Waals surface area contributed by atoms with E-state index >= 15 is 0 Å². The van der Waals surface area contributed by atoms with Crippen molar-refractivity contribution in [3.8, 4) is 17.7 Å². The van der Waals surface area contributed by atoms with Crippen molar-refractivity contribution in [3.05, 3.63) is 23.9 Å². The molecule has 5 nitrogen and oxygen atoms in total. The number of ether oxygens (including phenoxy) is 2. The van der Waals surface area contributed by atoms with Gasteiger partial charge < -0.3 is 14.4 Å². The summed E-state index contributed by atoms with van der Waals surface area (Å²) in [6.45, 7) is 5.80. The van der Waals surface area contributed by atoms with E-state index in [1.54, 1.807) is 39.0 Å². The second kappa shape index (κ2) is 7.52. The van der Waals surface area contributed by atoms with Crippen LogP contribution in [0.2, 0.25) is 0 Å². The van der Waals surface area contributed by atoms with E-state index in [4.69, 9.17) is 9.47 Å². The third-order valence-corrected chi connectivity index (χ3v) is 3.51. The Bertz CT molecular complexity index is 646. The highest BCUT2D eigenvalue weighted by molar-refractivity contribution is 5.68. The van der Waals surface area contributed by atoms with Crippen LogP contribution in [0.15, 0.2) is 18.2 Å². The first-order chi connectivity index (χ1) is 11.3. The normalized spacial score (nSPS) is 20.8. The molecule has 1 aliphatic heterocycles. The van der Waals surface area contributed by atoms with E-state index in [-0.39, 0.29) is 6.54 Å². The first kappa shape index (κ1) is 18.1. The predicted octanol–water partition coefficient (Wildman–Crippen LogP) is 3.04. The van der Waals surface area contributed by atoms with Gasteiger partial charge in [0.2, 0.25) is 5.88 Å². The van der Waals surface area contributed by atoms with E-state index in [1.807, 2.05) is 0 Å². The fourth-order valence-corrected chi connectivity index (χ4v) is 2.32. The SMILES string of the molecule is COc1cccc(C#CC2CCN(C(=O)OC(C)(C)C)CC2F)n1. The quantitative estimate of drug-likeness (QED) is 0.741. The van der Waals surface area contributed by atoms with Gasteiger partial charge in [-0.1, -0.05) is 12.0 Å². The van der Waals surface area contributed by atoms with Crippen molar-refractivity contribution in [1.82, 2.24) is 9.88 Å². The van der Waals surface area contributed by atoms with Gasteiger partial charge in [0.1, 0.15) is 17.5 Å². The maximum Gasteiger partial charge on any atom is 0.410 e. The number of alkyl halides is 1. The zero-order chi connectivity index (χ0) is 17.7. The lowest BCUT2D eigenvalue weighted by Gasteiger charge is -2.33. The largest absolute Gasteiger partial charge is 0.481 e. The average Bonchev–Trinajstić information content (AvgIpc) is 2.52. The molecular formula is C18H23FN2O3. The molecule has 2 atom stereocenters. The number of hydrogen-bond donors (Lipinski definition) is 0. The predicted molar refractivity (Wildman–Crippen MR) is 88.5 cm³/mol. The molecule has 2 unspecified atom stereocenters. The van der Waals surface area contributed by atoms with E-state index < -0.39 is 23.8 Å². The number of amides is 1. The highest BCUT2D eigenvalue weighted by Gasteiger charge is 2.32.